The molecule has 0 bridgehead atoms. The van der Waals surface area contributed by atoms with E-state index >= 15 is 0 Å². The van der Waals surface area contributed by atoms with Crippen LogP contribution in [-0.2, 0) is 0 Å². The molecule has 0 unspecified atom stereocenters. The van der Waals surface area contributed by atoms with Crippen molar-refractivity contribution in [3.63, 3.8) is 0 Å². The van der Waals surface area contributed by atoms with Crippen LogP contribution in [0.15, 0.2) is 36.5 Å². The SMILES string of the molecule is COc1ccc(-c2ccc(C)c(C(N)=O)c2)nc1. The summed E-state index contributed by atoms with van der Waals surface area (Å²) in [5, 5.41) is 0. The van der Waals surface area contributed by atoms with E-state index in [1.165, 1.54) is 0 Å². The molecule has 0 aliphatic rings. The Labute approximate surface area is 105 Å². The highest BCUT2D eigenvalue weighted by atomic mass is 16.5. The van der Waals surface area contributed by atoms with Gasteiger partial charge in [-0.2, -0.15) is 0 Å². The van der Waals surface area contributed by atoms with Crippen LogP contribution in [0.5, 0.6) is 5.75 Å². The molecule has 0 aliphatic carbocycles. The standard InChI is InChI=1S/C14H14N2O2/c1-9-3-4-10(7-12(9)14(15)17)13-6-5-11(18-2)8-16-13/h3-8H,1-2H3,(H2,15,17). The lowest BCUT2D eigenvalue weighted by Gasteiger charge is -2.06. The lowest BCUT2D eigenvalue weighted by molar-refractivity contribution is 0.1000. The second-order valence-electron chi connectivity index (χ2n) is 3.98. The fourth-order valence-electron chi connectivity index (χ4n) is 1.72. The zero-order valence-electron chi connectivity index (χ0n) is 10.3. The van der Waals surface area contributed by atoms with Gasteiger partial charge in [0.25, 0.3) is 0 Å². The van der Waals surface area contributed by atoms with Crippen molar-refractivity contribution in [1.82, 2.24) is 4.98 Å². The monoisotopic (exact) mass is 242 g/mol. The van der Waals surface area contributed by atoms with Crippen LogP contribution in [0.4, 0.5) is 0 Å². The highest BCUT2D eigenvalue weighted by molar-refractivity contribution is 5.95. The van der Waals surface area contributed by atoms with E-state index in [2.05, 4.69) is 4.98 Å². The molecule has 2 aromatic rings. The van der Waals surface area contributed by atoms with Gasteiger partial charge in [-0.15, -0.1) is 0 Å². The van der Waals surface area contributed by atoms with Crippen LogP contribution in [-0.4, -0.2) is 18.0 Å². The highest BCUT2D eigenvalue weighted by Gasteiger charge is 2.08. The molecule has 2 rings (SSSR count). The first-order chi connectivity index (χ1) is 8.61. The van der Waals surface area contributed by atoms with Gasteiger partial charge in [0.15, 0.2) is 0 Å². The molecule has 92 valence electrons. The molecule has 4 heteroatoms. The molecule has 0 saturated carbocycles. The zero-order valence-corrected chi connectivity index (χ0v) is 10.3. The summed E-state index contributed by atoms with van der Waals surface area (Å²) in [4.78, 5) is 15.6. The van der Waals surface area contributed by atoms with Crippen molar-refractivity contribution < 1.29 is 9.53 Å². The fourth-order valence-corrected chi connectivity index (χ4v) is 1.72. The van der Waals surface area contributed by atoms with Crippen molar-refractivity contribution in [1.29, 1.82) is 0 Å². The summed E-state index contributed by atoms with van der Waals surface area (Å²) in [6.45, 7) is 1.85. The fraction of sp³-hybridized carbons (Fsp3) is 0.143. The Kier molecular flexibility index (Phi) is 3.28. The molecule has 18 heavy (non-hydrogen) atoms. The Balaban J connectivity index is 2.44. The number of benzene rings is 1. The first-order valence-electron chi connectivity index (χ1n) is 5.52. The molecule has 0 spiro atoms. The number of amides is 1. The van der Waals surface area contributed by atoms with Crippen LogP contribution in [0.1, 0.15) is 15.9 Å². The normalized spacial score (nSPS) is 10.1. The third-order valence-corrected chi connectivity index (χ3v) is 2.77. The molecule has 1 aromatic carbocycles. The van der Waals surface area contributed by atoms with Crippen LogP contribution >= 0.6 is 0 Å². The van der Waals surface area contributed by atoms with Crippen LogP contribution in [0.25, 0.3) is 11.3 Å². The molecule has 1 heterocycles. The molecule has 0 aliphatic heterocycles. The van der Waals surface area contributed by atoms with E-state index in [0.29, 0.717) is 11.3 Å². The van der Waals surface area contributed by atoms with Crippen LogP contribution < -0.4 is 10.5 Å². The van der Waals surface area contributed by atoms with E-state index in [1.54, 1.807) is 19.4 Å². The first-order valence-corrected chi connectivity index (χ1v) is 5.52. The van der Waals surface area contributed by atoms with Crippen molar-refractivity contribution in [2.45, 2.75) is 6.92 Å². The first kappa shape index (κ1) is 12.1. The summed E-state index contributed by atoms with van der Waals surface area (Å²) in [6.07, 6.45) is 1.64. The van der Waals surface area contributed by atoms with Gasteiger partial charge < -0.3 is 10.5 Å². The molecule has 2 N–H and O–H groups in total. The molecule has 4 nitrogen and oxygen atoms in total. The lowest BCUT2D eigenvalue weighted by Crippen LogP contribution is -2.12. The Morgan fingerprint density at radius 3 is 2.61 bits per heavy atom. The molecule has 0 radical (unpaired) electrons. The van der Waals surface area contributed by atoms with Gasteiger partial charge >= 0.3 is 0 Å². The Hall–Kier alpha value is -2.36. The van der Waals surface area contributed by atoms with Crippen molar-refractivity contribution in [2.24, 2.45) is 5.73 Å². The predicted molar refractivity (Wildman–Crippen MR) is 69.5 cm³/mol. The number of pyridine rings is 1. The third-order valence-electron chi connectivity index (χ3n) is 2.77. The number of ether oxygens (including phenoxy) is 1. The van der Waals surface area contributed by atoms with E-state index in [9.17, 15) is 4.79 Å². The maximum atomic E-state index is 11.3. The number of carbonyl (C=O) groups excluding carboxylic acids is 1. The van der Waals surface area contributed by atoms with Gasteiger partial charge in [-0.05, 0) is 30.7 Å². The third kappa shape index (κ3) is 2.32. The molecule has 0 fully saturated rings. The maximum Gasteiger partial charge on any atom is 0.248 e. The average molecular weight is 242 g/mol. The van der Waals surface area contributed by atoms with Crippen molar-refractivity contribution >= 4 is 5.91 Å². The van der Waals surface area contributed by atoms with E-state index in [0.717, 1.165) is 16.8 Å². The number of primary amides is 1. The summed E-state index contributed by atoms with van der Waals surface area (Å²) in [7, 11) is 1.59. The van der Waals surface area contributed by atoms with Gasteiger partial charge in [0.2, 0.25) is 5.91 Å². The van der Waals surface area contributed by atoms with Gasteiger partial charge in [0.05, 0.1) is 19.0 Å². The van der Waals surface area contributed by atoms with E-state index < -0.39 is 5.91 Å². The Morgan fingerprint density at radius 1 is 1.28 bits per heavy atom. The number of carbonyl (C=O) groups is 1. The summed E-state index contributed by atoms with van der Waals surface area (Å²) in [5.74, 6) is 0.267. The van der Waals surface area contributed by atoms with E-state index in [1.807, 2.05) is 31.2 Å². The number of hydrogen-bond donors (Lipinski definition) is 1. The quantitative estimate of drug-likeness (QED) is 0.897. The molecular formula is C14H14N2O2. The Bertz CT molecular complexity index is 577. The summed E-state index contributed by atoms with van der Waals surface area (Å²) < 4.78 is 5.05. The minimum Gasteiger partial charge on any atom is -0.495 e. The second-order valence-corrected chi connectivity index (χ2v) is 3.98. The minimum absolute atomic E-state index is 0.428. The number of aromatic nitrogens is 1. The molecule has 0 saturated heterocycles. The Morgan fingerprint density at radius 2 is 2.06 bits per heavy atom. The van der Waals surface area contributed by atoms with Gasteiger partial charge in [-0.1, -0.05) is 12.1 Å². The smallest absolute Gasteiger partial charge is 0.248 e. The highest BCUT2D eigenvalue weighted by Crippen LogP contribution is 2.22. The molecule has 1 amide bonds. The van der Waals surface area contributed by atoms with Crippen LogP contribution in [0, 0.1) is 6.92 Å². The number of nitrogens with zero attached hydrogens (tertiary/aromatic N) is 1. The second kappa shape index (κ2) is 4.87. The number of aryl methyl sites for hydroxylation is 1. The predicted octanol–water partition coefficient (Wildman–Crippen LogP) is 2.16. The van der Waals surface area contributed by atoms with Gasteiger partial charge in [-0.25, -0.2) is 0 Å². The minimum atomic E-state index is -0.428. The summed E-state index contributed by atoms with van der Waals surface area (Å²) in [5.41, 5.74) is 8.34. The van der Waals surface area contributed by atoms with Gasteiger partial charge in [-0.3, -0.25) is 9.78 Å². The van der Waals surface area contributed by atoms with Crippen LogP contribution in [0.2, 0.25) is 0 Å². The molecule has 1 aromatic heterocycles. The number of methoxy groups -OCH3 is 1. The molecule has 0 atom stereocenters. The van der Waals surface area contributed by atoms with E-state index in [-0.39, 0.29) is 0 Å². The number of nitrogens with two attached hydrogens (primary N) is 1. The zero-order chi connectivity index (χ0) is 13.1. The summed E-state index contributed by atoms with van der Waals surface area (Å²) >= 11 is 0. The van der Waals surface area contributed by atoms with Gasteiger partial charge in [0, 0.05) is 11.1 Å². The van der Waals surface area contributed by atoms with Gasteiger partial charge in [0.1, 0.15) is 5.75 Å². The van der Waals surface area contributed by atoms with Crippen molar-refractivity contribution in [3.05, 3.63) is 47.7 Å². The largest absolute Gasteiger partial charge is 0.495 e. The van der Waals surface area contributed by atoms with Crippen LogP contribution in [0.3, 0.4) is 0 Å². The summed E-state index contributed by atoms with van der Waals surface area (Å²) in [6, 6.07) is 9.20. The number of rotatable bonds is 3. The topological polar surface area (TPSA) is 65.2 Å². The number of hydrogen-bond acceptors (Lipinski definition) is 3. The lowest BCUT2D eigenvalue weighted by atomic mass is 10.0. The molecular weight excluding hydrogens is 228 g/mol. The average Bonchev–Trinajstić information content (AvgIpc) is 2.39. The maximum absolute atomic E-state index is 11.3. The van der Waals surface area contributed by atoms with E-state index in [4.69, 9.17) is 10.5 Å². The van der Waals surface area contributed by atoms with Crippen molar-refractivity contribution in [2.75, 3.05) is 7.11 Å². The van der Waals surface area contributed by atoms with Crippen molar-refractivity contribution in [3.8, 4) is 17.0 Å².